The second-order valence-corrected chi connectivity index (χ2v) is 4.73. The van der Waals surface area contributed by atoms with E-state index in [-0.39, 0.29) is 22.5 Å². The van der Waals surface area contributed by atoms with E-state index in [1.807, 2.05) is 13.8 Å². The normalized spacial score (nSPS) is 13.7. The predicted octanol–water partition coefficient (Wildman–Crippen LogP) is 2.56. The molecule has 0 saturated carbocycles. The Morgan fingerprint density at radius 3 is 2.74 bits per heavy atom. The molecule has 7 heteroatoms. The zero-order chi connectivity index (χ0) is 14.6. The van der Waals surface area contributed by atoms with Gasteiger partial charge in [-0.1, -0.05) is 31.9 Å². The highest BCUT2D eigenvalue weighted by Crippen LogP contribution is 2.27. The number of nitrogens with zero attached hydrogens (tertiary/aromatic N) is 1. The molecule has 1 amide bonds. The minimum atomic E-state index is -0.653. The maximum Gasteiger partial charge on any atom is 0.289 e. The number of hydrogen-bond donors (Lipinski definition) is 2. The first-order valence-corrected chi connectivity index (χ1v) is 6.25. The monoisotopic (exact) mass is 285 g/mol. The van der Waals surface area contributed by atoms with Crippen LogP contribution in [0.4, 0.5) is 11.4 Å². The summed E-state index contributed by atoms with van der Waals surface area (Å²) in [5.41, 5.74) is 5.83. The number of nitrogens with two attached hydrogens (primary N) is 1. The summed E-state index contributed by atoms with van der Waals surface area (Å²) in [6, 6.07) is 3.42. The number of nitro benzene ring substituents is 1. The van der Waals surface area contributed by atoms with Crippen LogP contribution in [0.15, 0.2) is 18.2 Å². The van der Waals surface area contributed by atoms with Gasteiger partial charge < -0.3 is 11.1 Å². The fraction of sp³-hybridized carbons (Fsp3) is 0.417. The molecule has 0 aliphatic rings. The summed E-state index contributed by atoms with van der Waals surface area (Å²) in [6.07, 6.45) is 0.773. The average molecular weight is 286 g/mol. The van der Waals surface area contributed by atoms with Crippen LogP contribution in [-0.2, 0) is 4.79 Å². The van der Waals surface area contributed by atoms with Gasteiger partial charge in [0, 0.05) is 11.8 Å². The van der Waals surface area contributed by atoms with E-state index in [0.29, 0.717) is 5.69 Å². The van der Waals surface area contributed by atoms with Gasteiger partial charge in [-0.3, -0.25) is 14.9 Å². The largest absolute Gasteiger partial charge is 0.324 e. The highest BCUT2D eigenvalue weighted by Gasteiger charge is 2.20. The Morgan fingerprint density at radius 1 is 1.58 bits per heavy atom. The van der Waals surface area contributed by atoms with E-state index in [1.54, 1.807) is 0 Å². The third-order valence-electron chi connectivity index (χ3n) is 2.97. The quantitative estimate of drug-likeness (QED) is 0.641. The summed E-state index contributed by atoms with van der Waals surface area (Å²) in [4.78, 5) is 22.0. The number of amides is 1. The highest BCUT2D eigenvalue weighted by atomic mass is 35.5. The Labute approximate surface area is 116 Å². The van der Waals surface area contributed by atoms with Crippen LogP contribution in [0.1, 0.15) is 20.3 Å². The SMILES string of the molecule is CCC(C)C(N)C(=O)Nc1ccc(Cl)c([N+](=O)[O-])c1. The molecule has 19 heavy (non-hydrogen) atoms. The van der Waals surface area contributed by atoms with Crippen molar-refractivity contribution in [1.82, 2.24) is 0 Å². The number of nitrogens with one attached hydrogen (secondary N) is 1. The summed E-state index contributed by atoms with van der Waals surface area (Å²) in [7, 11) is 0. The number of hydrogen-bond acceptors (Lipinski definition) is 4. The molecular weight excluding hydrogens is 270 g/mol. The molecule has 0 spiro atoms. The summed E-state index contributed by atoms with van der Waals surface area (Å²) in [5, 5.41) is 13.3. The molecule has 104 valence electrons. The molecule has 0 saturated heterocycles. The van der Waals surface area contributed by atoms with Crippen LogP contribution >= 0.6 is 11.6 Å². The number of halogens is 1. The van der Waals surface area contributed by atoms with Gasteiger partial charge in [0.05, 0.1) is 11.0 Å². The number of carbonyl (C=O) groups excluding carboxylic acids is 1. The Bertz CT molecular complexity index is 493. The van der Waals surface area contributed by atoms with Crippen LogP contribution in [0.5, 0.6) is 0 Å². The summed E-state index contributed by atoms with van der Waals surface area (Å²) >= 11 is 5.68. The Hall–Kier alpha value is -1.66. The van der Waals surface area contributed by atoms with Crippen LogP contribution in [-0.4, -0.2) is 16.9 Å². The fourth-order valence-electron chi connectivity index (χ4n) is 1.47. The van der Waals surface area contributed by atoms with E-state index in [0.717, 1.165) is 6.42 Å². The zero-order valence-corrected chi connectivity index (χ0v) is 11.5. The predicted molar refractivity (Wildman–Crippen MR) is 74.2 cm³/mol. The number of nitro groups is 1. The fourth-order valence-corrected chi connectivity index (χ4v) is 1.65. The van der Waals surface area contributed by atoms with E-state index < -0.39 is 11.0 Å². The average Bonchev–Trinajstić information content (AvgIpc) is 2.38. The van der Waals surface area contributed by atoms with Crippen molar-refractivity contribution in [2.45, 2.75) is 26.3 Å². The summed E-state index contributed by atoms with van der Waals surface area (Å²) < 4.78 is 0. The van der Waals surface area contributed by atoms with Crippen molar-refractivity contribution in [1.29, 1.82) is 0 Å². The smallest absolute Gasteiger partial charge is 0.289 e. The van der Waals surface area contributed by atoms with E-state index in [4.69, 9.17) is 17.3 Å². The Balaban J connectivity index is 2.86. The number of rotatable bonds is 5. The van der Waals surface area contributed by atoms with Crippen molar-refractivity contribution in [3.8, 4) is 0 Å². The molecule has 0 fully saturated rings. The lowest BCUT2D eigenvalue weighted by molar-refractivity contribution is -0.384. The molecule has 0 radical (unpaired) electrons. The first-order chi connectivity index (χ1) is 8.86. The van der Waals surface area contributed by atoms with Crippen molar-refractivity contribution < 1.29 is 9.72 Å². The van der Waals surface area contributed by atoms with Gasteiger partial charge in [-0.15, -0.1) is 0 Å². The van der Waals surface area contributed by atoms with Gasteiger partial charge in [-0.2, -0.15) is 0 Å². The maximum absolute atomic E-state index is 11.8. The van der Waals surface area contributed by atoms with Crippen molar-refractivity contribution in [3.63, 3.8) is 0 Å². The molecule has 0 aromatic heterocycles. The first kappa shape index (κ1) is 15.4. The Morgan fingerprint density at radius 2 is 2.21 bits per heavy atom. The minimum absolute atomic E-state index is 0.0224. The molecule has 3 N–H and O–H groups in total. The number of anilines is 1. The molecule has 0 aliphatic carbocycles. The molecule has 6 nitrogen and oxygen atoms in total. The molecule has 1 aromatic rings. The standard InChI is InChI=1S/C12H16ClN3O3/c1-3-7(2)11(14)12(17)15-8-4-5-9(13)10(6-8)16(18)19/h4-7,11H,3,14H2,1-2H3,(H,15,17). The molecule has 2 unspecified atom stereocenters. The van der Waals surface area contributed by atoms with Gasteiger partial charge in [-0.05, 0) is 18.1 Å². The molecule has 0 bridgehead atoms. The van der Waals surface area contributed by atoms with Gasteiger partial charge in [-0.25, -0.2) is 0 Å². The minimum Gasteiger partial charge on any atom is -0.324 e. The lowest BCUT2D eigenvalue weighted by Gasteiger charge is -2.17. The van der Waals surface area contributed by atoms with Crippen LogP contribution < -0.4 is 11.1 Å². The first-order valence-electron chi connectivity index (χ1n) is 5.87. The summed E-state index contributed by atoms with van der Waals surface area (Å²) in [5.74, 6) is -0.340. The number of carbonyl (C=O) groups is 1. The molecular formula is C12H16ClN3O3. The topological polar surface area (TPSA) is 98.3 Å². The molecule has 0 heterocycles. The van der Waals surface area contributed by atoms with E-state index in [2.05, 4.69) is 5.32 Å². The second kappa shape index (κ2) is 6.49. The third-order valence-corrected chi connectivity index (χ3v) is 3.29. The van der Waals surface area contributed by atoms with Crippen LogP contribution in [0.3, 0.4) is 0 Å². The number of benzene rings is 1. The second-order valence-electron chi connectivity index (χ2n) is 4.32. The summed E-state index contributed by atoms with van der Waals surface area (Å²) in [6.45, 7) is 3.81. The Kier molecular flexibility index (Phi) is 5.26. The lowest BCUT2D eigenvalue weighted by Crippen LogP contribution is -2.40. The lowest BCUT2D eigenvalue weighted by atomic mass is 9.99. The molecule has 1 rings (SSSR count). The molecule has 2 atom stereocenters. The van der Waals surface area contributed by atoms with Gasteiger partial charge >= 0.3 is 0 Å². The van der Waals surface area contributed by atoms with Gasteiger partial charge in [0.25, 0.3) is 5.69 Å². The van der Waals surface area contributed by atoms with Gasteiger partial charge in [0.2, 0.25) is 5.91 Å². The van der Waals surface area contributed by atoms with Crippen LogP contribution in [0, 0.1) is 16.0 Å². The van der Waals surface area contributed by atoms with Crippen LogP contribution in [0.25, 0.3) is 0 Å². The van der Waals surface area contributed by atoms with E-state index in [9.17, 15) is 14.9 Å². The maximum atomic E-state index is 11.8. The van der Waals surface area contributed by atoms with Crippen molar-refractivity contribution >= 4 is 28.9 Å². The molecule has 0 aliphatic heterocycles. The third kappa shape index (κ3) is 3.90. The van der Waals surface area contributed by atoms with Crippen molar-refractivity contribution in [2.24, 2.45) is 11.7 Å². The van der Waals surface area contributed by atoms with Crippen molar-refractivity contribution in [2.75, 3.05) is 5.32 Å². The van der Waals surface area contributed by atoms with Crippen molar-refractivity contribution in [3.05, 3.63) is 33.3 Å². The highest BCUT2D eigenvalue weighted by molar-refractivity contribution is 6.32. The van der Waals surface area contributed by atoms with E-state index >= 15 is 0 Å². The van der Waals surface area contributed by atoms with Gasteiger partial charge in [0.15, 0.2) is 0 Å². The zero-order valence-electron chi connectivity index (χ0n) is 10.7. The van der Waals surface area contributed by atoms with Gasteiger partial charge in [0.1, 0.15) is 5.02 Å². The molecule has 1 aromatic carbocycles. The van der Waals surface area contributed by atoms with Crippen LogP contribution in [0.2, 0.25) is 5.02 Å². The van der Waals surface area contributed by atoms with E-state index in [1.165, 1.54) is 18.2 Å².